The van der Waals surface area contributed by atoms with Gasteiger partial charge in [-0.05, 0) is 18.6 Å². The van der Waals surface area contributed by atoms with Crippen molar-refractivity contribution in [1.82, 2.24) is 0 Å². The SMILES string of the molecule is CCCC(Nc1ccccc1)[SiH](OC)OC. The third-order valence-corrected chi connectivity index (χ3v) is 4.60. The number of para-hydroxylation sites is 1. The van der Waals surface area contributed by atoms with E-state index in [4.69, 9.17) is 8.85 Å². The number of rotatable bonds is 7. The molecule has 0 bridgehead atoms. The molecule has 1 atom stereocenters. The predicted octanol–water partition coefficient (Wildman–Crippen LogP) is 2.32. The molecule has 1 aromatic carbocycles. The van der Waals surface area contributed by atoms with Crippen molar-refractivity contribution in [2.45, 2.75) is 25.4 Å². The van der Waals surface area contributed by atoms with Crippen molar-refractivity contribution in [3.8, 4) is 0 Å². The van der Waals surface area contributed by atoms with E-state index in [0.29, 0.717) is 5.67 Å². The fraction of sp³-hybridized carbons (Fsp3) is 0.500. The Kier molecular flexibility index (Phi) is 6.14. The number of nitrogens with one attached hydrogen (secondary N) is 1. The minimum Gasteiger partial charge on any atom is -0.399 e. The molecule has 0 saturated heterocycles. The standard InChI is InChI=1S/C12H21NO2Si/c1-4-8-12(16(14-2)15-3)13-11-9-6-5-7-10-11/h5-7,9-10,12-13,16H,4,8H2,1-3H3. The Labute approximate surface area is 99.6 Å². The Balaban J connectivity index is 2.63. The highest BCUT2D eigenvalue weighted by Gasteiger charge is 2.23. The highest BCUT2D eigenvalue weighted by atomic mass is 28.3. The normalized spacial score (nSPS) is 12.8. The molecule has 1 rings (SSSR count). The van der Waals surface area contributed by atoms with Crippen LogP contribution in [0, 0.1) is 0 Å². The predicted molar refractivity (Wildman–Crippen MR) is 69.9 cm³/mol. The zero-order valence-electron chi connectivity index (χ0n) is 10.3. The molecule has 1 aromatic rings. The van der Waals surface area contributed by atoms with Crippen LogP contribution in [0.5, 0.6) is 0 Å². The minimum atomic E-state index is -1.61. The first-order valence-electron chi connectivity index (χ1n) is 5.69. The first-order valence-corrected chi connectivity index (χ1v) is 7.30. The summed E-state index contributed by atoms with van der Waals surface area (Å²) in [7, 11) is 1.86. The van der Waals surface area contributed by atoms with Crippen molar-refractivity contribution in [2.75, 3.05) is 19.5 Å². The number of hydrogen-bond donors (Lipinski definition) is 1. The quantitative estimate of drug-likeness (QED) is 0.741. The van der Waals surface area contributed by atoms with Crippen LogP contribution in [0.1, 0.15) is 19.8 Å². The average molecular weight is 239 g/mol. The summed E-state index contributed by atoms with van der Waals surface area (Å²) in [5.41, 5.74) is 1.45. The summed E-state index contributed by atoms with van der Waals surface area (Å²) in [6, 6.07) is 10.2. The first kappa shape index (κ1) is 13.2. The van der Waals surface area contributed by atoms with Gasteiger partial charge in [-0.3, -0.25) is 0 Å². The number of anilines is 1. The molecule has 0 amide bonds. The Morgan fingerprint density at radius 3 is 2.31 bits per heavy atom. The Morgan fingerprint density at radius 1 is 1.19 bits per heavy atom. The van der Waals surface area contributed by atoms with Gasteiger partial charge in [-0.15, -0.1) is 0 Å². The van der Waals surface area contributed by atoms with Crippen molar-refractivity contribution in [3.05, 3.63) is 30.3 Å². The van der Waals surface area contributed by atoms with E-state index in [1.807, 2.05) is 18.2 Å². The molecule has 0 aliphatic heterocycles. The molecule has 4 heteroatoms. The lowest BCUT2D eigenvalue weighted by molar-refractivity contribution is 0.267. The highest BCUT2D eigenvalue weighted by Crippen LogP contribution is 2.12. The van der Waals surface area contributed by atoms with Crippen LogP contribution in [0.15, 0.2) is 30.3 Å². The van der Waals surface area contributed by atoms with Gasteiger partial charge in [-0.25, -0.2) is 0 Å². The summed E-state index contributed by atoms with van der Waals surface area (Å²) >= 11 is 0. The van der Waals surface area contributed by atoms with E-state index in [1.54, 1.807) is 14.2 Å². The molecule has 90 valence electrons. The Hall–Kier alpha value is -0.843. The molecule has 0 aliphatic carbocycles. The average Bonchev–Trinajstić information content (AvgIpc) is 2.32. The van der Waals surface area contributed by atoms with Gasteiger partial charge >= 0.3 is 9.28 Å². The van der Waals surface area contributed by atoms with Gasteiger partial charge in [-0.1, -0.05) is 31.5 Å². The highest BCUT2D eigenvalue weighted by molar-refractivity contribution is 6.47. The van der Waals surface area contributed by atoms with Crippen LogP contribution in [0.4, 0.5) is 5.69 Å². The molecule has 0 aromatic heterocycles. The van der Waals surface area contributed by atoms with Gasteiger partial charge in [0.25, 0.3) is 0 Å². The van der Waals surface area contributed by atoms with Crippen molar-refractivity contribution >= 4 is 15.0 Å². The summed E-state index contributed by atoms with van der Waals surface area (Å²) in [6.45, 7) is 2.18. The van der Waals surface area contributed by atoms with Gasteiger partial charge in [0.05, 0.1) is 5.67 Å². The molecule has 1 unspecified atom stereocenters. The smallest absolute Gasteiger partial charge is 0.343 e. The van der Waals surface area contributed by atoms with Gasteiger partial charge in [-0.2, -0.15) is 0 Å². The molecular weight excluding hydrogens is 218 g/mol. The van der Waals surface area contributed by atoms with Crippen molar-refractivity contribution in [2.24, 2.45) is 0 Å². The third-order valence-electron chi connectivity index (χ3n) is 2.52. The molecule has 0 radical (unpaired) electrons. The van der Waals surface area contributed by atoms with Crippen LogP contribution in [-0.4, -0.2) is 29.2 Å². The maximum atomic E-state index is 5.44. The van der Waals surface area contributed by atoms with Gasteiger partial charge in [0.2, 0.25) is 0 Å². The Bertz CT molecular complexity index is 278. The van der Waals surface area contributed by atoms with Gasteiger partial charge < -0.3 is 14.2 Å². The summed E-state index contributed by atoms with van der Waals surface area (Å²) in [4.78, 5) is 0. The maximum absolute atomic E-state index is 5.44. The lowest BCUT2D eigenvalue weighted by atomic mass is 10.3. The summed E-state index contributed by atoms with van der Waals surface area (Å²) < 4.78 is 10.9. The van der Waals surface area contributed by atoms with E-state index in [1.165, 1.54) is 0 Å². The third kappa shape index (κ3) is 3.96. The van der Waals surface area contributed by atoms with Crippen LogP contribution in [0.3, 0.4) is 0 Å². The Morgan fingerprint density at radius 2 is 1.81 bits per heavy atom. The molecule has 0 aliphatic rings. The molecule has 3 nitrogen and oxygen atoms in total. The van der Waals surface area contributed by atoms with Gasteiger partial charge in [0, 0.05) is 19.9 Å². The van der Waals surface area contributed by atoms with E-state index >= 15 is 0 Å². The van der Waals surface area contributed by atoms with Crippen molar-refractivity contribution in [1.29, 1.82) is 0 Å². The number of benzene rings is 1. The maximum Gasteiger partial charge on any atom is 0.343 e. The zero-order chi connectivity index (χ0) is 11.8. The first-order chi connectivity index (χ1) is 7.81. The summed E-state index contributed by atoms with van der Waals surface area (Å²) in [5.74, 6) is 0. The summed E-state index contributed by atoms with van der Waals surface area (Å²) in [5, 5.41) is 3.49. The van der Waals surface area contributed by atoms with Crippen LogP contribution in [0.25, 0.3) is 0 Å². The van der Waals surface area contributed by atoms with Gasteiger partial charge in [0.15, 0.2) is 0 Å². The van der Waals surface area contributed by atoms with Crippen molar-refractivity contribution < 1.29 is 8.85 Å². The minimum absolute atomic E-state index is 0.322. The fourth-order valence-electron chi connectivity index (χ4n) is 1.76. The molecule has 16 heavy (non-hydrogen) atoms. The van der Waals surface area contributed by atoms with E-state index in [2.05, 4.69) is 24.4 Å². The van der Waals surface area contributed by atoms with Crippen LogP contribution in [-0.2, 0) is 8.85 Å². The summed E-state index contributed by atoms with van der Waals surface area (Å²) in [6.07, 6.45) is 2.20. The second-order valence-electron chi connectivity index (χ2n) is 3.75. The van der Waals surface area contributed by atoms with E-state index in [-0.39, 0.29) is 0 Å². The molecule has 1 N–H and O–H groups in total. The molecule has 0 spiro atoms. The van der Waals surface area contributed by atoms with E-state index in [0.717, 1.165) is 18.5 Å². The van der Waals surface area contributed by atoms with Crippen LogP contribution < -0.4 is 5.32 Å². The molecule has 0 saturated carbocycles. The van der Waals surface area contributed by atoms with Crippen LogP contribution in [0.2, 0.25) is 0 Å². The van der Waals surface area contributed by atoms with Crippen LogP contribution >= 0.6 is 0 Å². The van der Waals surface area contributed by atoms with Crippen molar-refractivity contribution in [3.63, 3.8) is 0 Å². The fourth-order valence-corrected chi connectivity index (χ4v) is 3.54. The lowest BCUT2D eigenvalue weighted by Crippen LogP contribution is -2.41. The second kappa shape index (κ2) is 7.43. The van der Waals surface area contributed by atoms with Gasteiger partial charge in [0.1, 0.15) is 0 Å². The van der Waals surface area contributed by atoms with E-state index in [9.17, 15) is 0 Å². The molecule has 0 fully saturated rings. The molecular formula is C12H21NO2Si. The zero-order valence-corrected chi connectivity index (χ0v) is 11.4. The largest absolute Gasteiger partial charge is 0.399 e. The molecule has 0 heterocycles. The van der Waals surface area contributed by atoms with E-state index < -0.39 is 9.28 Å². The topological polar surface area (TPSA) is 30.5 Å². The second-order valence-corrected chi connectivity index (χ2v) is 6.23. The monoisotopic (exact) mass is 239 g/mol. The number of hydrogen-bond acceptors (Lipinski definition) is 3. The lowest BCUT2D eigenvalue weighted by Gasteiger charge is -2.24.